The molecule has 0 aliphatic carbocycles. The molecule has 2 rings (SSSR count). The van der Waals surface area contributed by atoms with Crippen molar-refractivity contribution in [2.75, 3.05) is 4.72 Å². The standard InChI is InChI=1S/C12H9Br2ClN2O2S/c13-6-8-1-3-10(4-2-8)20(18,19)17-9-5-11(14)12(15)16-7-9/h1-5,7,17H,6H2. The van der Waals surface area contributed by atoms with Crippen molar-refractivity contribution in [3.8, 4) is 0 Å². The summed E-state index contributed by atoms with van der Waals surface area (Å²) in [5.41, 5.74) is 1.34. The Labute approximate surface area is 138 Å². The normalized spacial score (nSPS) is 11.3. The van der Waals surface area contributed by atoms with Gasteiger partial charge in [-0.1, -0.05) is 39.7 Å². The fourth-order valence-electron chi connectivity index (χ4n) is 1.45. The molecular formula is C12H9Br2ClN2O2S. The third-order valence-corrected chi connectivity index (χ3v) is 5.62. The first-order chi connectivity index (χ1) is 9.42. The molecule has 20 heavy (non-hydrogen) atoms. The van der Waals surface area contributed by atoms with Gasteiger partial charge in [0.2, 0.25) is 0 Å². The van der Waals surface area contributed by atoms with Gasteiger partial charge in [0.05, 0.1) is 21.3 Å². The maximum absolute atomic E-state index is 12.2. The van der Waals surface area contributed by atoms with Crippen LogP contribution in [0.2, 0.25) is 5.15 Å². The molecule has 0 aliphatic rings. The molecule has 4 nitrogen and oxygen atoms in total. The number of nitrogens with one attached hydrogen (secondary N) is 1. The van der Waals surface area contributed by atoms with Crippen LogP contribution in [0.5, 0.6) is 0 Å². The van der Waals surface area contributed by atoms with Crippen molar-refractivity contribution in [1.82, 2.24) is 4.98 Å². The van der Waals surface area contributed by atoms with Crippen LogP contribution in [0.4, 0.5) is 5.69 Å². The van der Waals surface area contributed by atoms with Crippen LogP contribution in [0.3, 0.4) is 0 Å². The van der Waals surface area contributed by atoms with E-state index in [2.05, 4.69) is 41.6 Å². The van der Waals surface area contributed by atoms with Crippen molar-refractivity contribution >= 4 is 59.2 Å². The lowest BCUT2D eigenvalue weighted by Crippen LogP contribution is -2.13. The molecule has 0 saturated heterocycles. The molecule has 0 unspecified atom stereocenters. The molecule has 0 amide bonds. The number of hydrogen-bond acceptors (Lipinski definition) is 3. The van der Waals surface area contributed by atoms with Crippen molar-refractivity contribution in [1.29, 1.82) is 0 Å². The molecule has 0 radical (unpaired) electrons. The minimum absolute atomic E-state index is 0.188. The Morgan fingerprint density at radius 1 is 1.25 bits per heavy atom. The van der Waals surface area contributed by atoms with Gasteiger partial charge in [0.25, 0.3) is 10.0 Å². The monoisotopic (exact) mass is 438 g/mol. The summed E-state index contributed by atoms with van der Waals surface area (Å²) in [5, 5.41) is 0.948. The number of aromatic nitrogens is 1. The van der Waals surface area contributed by atoms with Gasteiger partial charge in [0.1, 0.15) is 5.15 Å². The smallest absolute Gasteiger partial charge is 0.261 e. The van der Waals surface area contributed by atoms with Gasteiger partial charge < -0.3 is 0 Å². The van der Waals surface area contributed by atoms with Crippen molar-refractivity contribution in [2.24, 2.45) is 0 Å². The third kappa shape index (κ3) is 3.72. The van der Waals surface area contributed by atoms with Crippen molar-refractivity contribution < 1.29 is 8.42 Å². The van der Waals surface area contributed by atoms with E-state index in [0.29, 0.717) is 15.5 Å². The van der Waals surface area contributed by atoms with Crippen LogP contribution in [0.15, 0.2) is 45.9 Å². The fraction of sp³-hybridized carbons (Fsp3) is 0.0833. The molecule has 0 spiro atoms. The first-order valence-corrected chi connectivity index (χ1v) is 9.19. The number of halogens is 3. The van der Waals surface area contributed by atoms with Crippen LogP contribution in [-0.4, -0.2) is 13.4 Å². The molecule has 106 valence electrons. The van der Waals surface area contributed by atoms with Crippen LogP contribution in [0.1, 0.15) is 5.56 Å². The molecule has 0 saturated carbocycles. The summed E-state index contributed by atoms with van der Waals surface area (Å²) in [7, 11) is -3.64. The van der Waals surface area contributed by atoms with Crippen LogP contribution in [0.25, 0.3) is 0 Å². The molecule has 1 N–H and O–H groups in total. The van der Waals surface area contributed by atoms with Gasteiger partial charge in [0, 0.05) is 5.33 Å². The predicted molar refractivity (Wildman–Crippen MR) is 86.8 cm³/mol. The maximum atomic E-state index is 12.2. The van der Waals surface area contributed by atoms with E-state index in [1.165, 1.54) is 6.20 Å². The average molecular weight is 441 g/mol. The molecule has 8 heteroatoms. The zero-order chi connectivity index (χ0) is 14.8. The van der Waals surface area contributed by atoms with Gasteiger partial charge in [0.15, 0.2) is 0 Å². The minimum Gasteiger partial charge on any atom is -0.278 e. The molecule has 0 aliphatic heterocycles. The van der Waals surface area contributed by atoms with Crippen LogP contribution in [0, 0.1) is 0 Å². The number of rotatable bonds is 4. The number of alkyl halides is 1. The number of pyridine rings is 1. The summed E-state index contributed by atoms with van der Waals surface area (Å²) < 4.78 is 27.4. The van der Waals surface area contributed by atoms with Crippen LogP contribution >= 0.6 is 43.5 Å². The Morgan fingerprint density at radius 2 is 1.90 bits per heavy atom. The minimum atomic E-state index is -3.64. The number of sulfonamides is 1. The number of benzene rings is 1. The Morgan fingerprint density at radius 3 is 2.45 bits per heavy atom. The van der Waals surface area contributed by atoms with Crippen molar-refractivity contribution in [3.05, 3.63) is 51.7 Å². The largest absolute Gasteiger partial charge is 0.278 e. The summed E-state index contributed by atoms with van der Waals surface area (Å²) in [6.45, 7) is 0. The van der Waals surface area contributed by atoms with Crippen molar-refractivity contribution in [3.63, 3.8) is 0 Å². The van der Waals surface area contributed by atoms with Gasteiger partial charge in [-0.25, -0.2) is 13.4 Å². The third-order valence-electron chi connectivity index (χ3n) is 2.44. The van der Waals surface area contributed by atoms with E-state index in [1.807, 2.05) is 0 Å². The lowest BCUT2D eigenvalue weighted by Gasteiger charge is -2.09. The number of nitrogens with zero attached hydrogens (tertiary/aromatic N) is 1. The highest BCUT2D eigenvalue weighted by Gasteiger charge is 2.14. The van der Waals surface area contributed by atoms with E-state index >= 15 is 0 Å². The second-order valence-corrected chi connectivity index (χ2v) is 7.34. The predicted octanol–water partition coefficient (Wildman–Crippen LogP) is 4.19. The fourth-order valence-corrected chi connectivity index (χ4v) is 3.31. The number of anilines is 1. The average Bonchev–Trinajstić information content (AvgIpc) is 2.43. The highest BCUT2D eigenvalue weighted by atomic mass is 79.9. The zero-order valence-corrected chi connectivity index (χ0v) is 14.7. The summed E-state index contributed by atoms with van der Waals surface area (Å²) in [5.74, 6) is 0. The summed E-state index contributed by atoms with van der Waals surface area (Å²) >= 11 is 12.3. The molecule has 2 aromatic rings. The first-order valence-electron chi connectivity index (χ1n) is 5.41. The molecule has 0 bridgehead atoms. The second-order valence-electron chi connectivity index (χ2n) is 3.88. The lowest BCUT2D eigenvalue weighted by molar-refractivity contribution is 0.601. The van der Waals surface area contributed by atoms with Gasteiger partial charge >= 0.3 is 0 Å². The highest BCUT2D eigenvalue weighted by Crippen LogP contribution is 2.24. The summed E-state index contributed by atoms with van der Waals surface area (Å²) in [6, 6.07) is 8.16. The highest BCUT2D eigenvalue weighted by molar-refractivity contribution is 9.10. The van der Waals surface area contributed by atoms with E-state index in [4.69, 9.17) is 11.6 Å². The van der Waals surface area contributed by atoms with E-state index in [9.17, 15) is 8.42 Å². The van der Waals surface area contributed by atoms with Gasteiger partial charge in [-0.3, -0.25) is 4.72 Å². The van der Waals surface area contributed by atoms with E-state index in [1.54, 1.807) is 30.3 Å². The Bertz CT molecular complexity index is 721. The van der Waals surface area contributed by atoms with Crippen molar-refractivity contribution in [2.45, 2.75) is 10.2 Å². The molecule has 1 heterocycles. The van der Waals surface area contributed by atoms with E-state index in [-0.39, 0.29) is 10.0 Å². The molecule has 1 aromatic heterocycles. The Balaban J connectivity index is 2.27. The van der Waals surface area contributed by atoms with E-state index in [0.717, 1.165) is 5.56 Å². The topological polar surface area (TPSA) is 59.1 Å². The van der Waals surface area contributed by atoms with Gasteiger partial charge in [-0.05, 0) is 39.7 Å². The van der Waals surface area contributed by atoms with Gasteiger partial charge in [-0.15, -0.1) is 0 Å². The van der Waals surface area contributed by atoms with Crippen LogP contribution < -0.4 is 4.72 Å². The SMILES string of the molecule is O=S(=O)(Nc1cnc(Cl)c(Br)c1)c1ccc(CBr)cc1. The van der Waals surface area contributed by atoms with Crippen LogP contribution in [-0.2, 0) is 15.4 Å². The lowest BCUT2D eigenvalue weighted by atomic mass is 10.2. The maximum Gasteiger partial charge on any atom is 0.261 e. The summed E-state index contributed by atoms with van der Waals surface area (Å²) in [4.78, 5) is 4.06. The Hall–Kier alpha value is -0.630. The van der Waals surface area contributed by atoms with Gasteiger partial charge in [-0.2, -0.15) is 0 Å². The molecule has 0 atom stereocenters. The second kappa shape index (κ2) is 6.43. The first kappa shape index (κ1) is 15.8. The Kier molecular flexibility index (Phi) is 5.06. The zero-order valence-electron chi connectivity index (χ0n) is 9.98. The van der Waals surface area contributed by atoms with E-state index < -0.39 is 10.0 Å². The quantitative estimate of drug-likeness (QED) is 0.573. The number of hydrogen-bond donors (Lipinski definition) is 1. The molecular weight excluding hydrogens is 431 g/mol. The molecule has 0 fully saturated rings. The summed E-state index contributed by atoms with van der Waals surface area (Å²) in [6.07, 6.45) is 1.36. The molecule has 1 aromatic carbocycles.